The highest BCUT2D eigenvalue weighted by Gasteiger charge is 2.29. The van der Waals surface area contributed by atoms with Gasteiger partial charge in [0, 0.05) is 17.2 Å². The monoisotopic (exact) mass is 621 g/mol. The van der Waals surface area contributed by atoms with Crippen LogP contribution in [0.25, 0.3) is 11.1 Å². The first-order valence-electron chi connectivity index (χ1n) is 12.1. The predicted molar refractivity (Wildman–Crippen MR) is 151 cm³/mol. The molecule has 1 saturated heterocycles. The van der Waals surface area contributed by atoms with E-state index in [1.807, 2.05) is 35.2 Å². The number of rotatable bonds is 8. The summed E-state index contributed by atoms with van der Waals surface area (Å²) in [6.45, 7) is 3.19. The maximum absolute atomic E-state index is 13.4. The molecule has 1 fully saturated rings. The number of nitrogens with one attached hydrogen (secondary N) is 2. The van der Waals surface area contributed by atoms with Crippen LogP contribution in [0.4, 0.5) is 15.1 Å². The first-order valence-corrected chi connectivity index (χ1v) is 14.1. The van der Waals surface area contributed by atoms with Crippen LogP contribution in [0.1, 0.15) is 30.1 Å². The number of esters is 1. The Labute approximate surface area is 237 Å². The summed E-state index contributed by atoms with van der Waals surface area (Å²) in [4.78, 5) is 40.4. The van der Waals surface area contributed by atoms with E-state index in [1.165, 1.54) is 29.5 Å². The number of halogens is 3. The van der Waals surface area contributed by atoms with Crippen LogP contribution in [0.2, 0.25) is 5.02 Å². The molecule has 1 aromatic heterocycles. The van der Waals surface area contributed by atoms with E-state index in [1.54, 1.807) is 6.92 Å². The molecule has 0 bridgehead atoms. The van der Waals surface area contributed by atoms with Crippen LogP contribution >= 0.6 is 38.9 Å². The molecule has 200 valence electrons. The molecule has 1 aliphatic rings. The van der Waals surface area contributed by atoms with Crippen molar-refractivity contribution in [1.82, 2.24) is 4.90 Å². The zero-order valence-electron chi connectivity index (χ0n) is 20.6. The van der Waals surface area contributed by atoms with Crippen LogP contribution in [-0.4, -0.2) is 48.9 Å². The number of ether oxygens (including phenoxy) is 1. The largest absolute Gasteiger partial charge is 0.462 e. The van der Waals surface area contributed by atoms with E-state index in [4.69, 9.17) is 16.3 Å². The van der Waals surface area contributed by atoms with Gasteiger partial charge in [0.25, 0.3) is 0 Å². The van der Waals surface area contributed by atoms with Crippen molar-refractivity contribution in [1.29, 1.82) is 0 Å². The van der Waals surface area contributed by atoms with Crippen molar-refractivity contribution < 1.29 is 23.5 Å². The van der Waals surface area contributed by atoms with Crippen LogP contribution in [0.15, 0.2) is 52.3 Å². The van der Waals surface area contributed by atoms with Gasteiger partial charge in [0.1, 0.15) is 16.4 Å². The Morgan fingerprint density at radius 1 is 1.13 bits per heavy atom. The topological polar surface area (TPSA) is 87.7 Å². The minimum absolute atomic E-state index is 0.0524. The minimum Gasteiger partial charge on any atom is -0.462 e. The Hall–Kier alpha value is -2.79. The Kier molecular flexibility index (Phi) is 9.54. The molecule has 3 aromatic rings. The molecule has 0 saturated carbocycles. The minimum atomic E-state index is -0.545. The predicted octanol–water partition coefficient (Wildman–Crippen LogP) is 6.44. The first-order chi connectivity index (χ1) is 18.3. The fourth-order valence-corrected chi connectivity index (χ4v) is 6.34. The quantitative estimate of drug-likeness (QED) is 0.283. The van der Waals surface area contributed by atoms with Crippen molar-refractivity contribution in [3.63, 3.8) is 0 Å². The van der Waals surface area contributed by atoms with Crippen LogP contribution < -0.4 is 10.6 Å². The van der Waals surface area contributed by atoms with Gasteiger partial charge in [-0.25, -0.2) is 9.18 Å². The molecule has 11 heteroatoms. The van der Waals surface area contributed by atoms with Gasteiger partial charge in [-0.05, 0) is 72.5 Å². The fraction of sp³-hybridized carbons (Fsp3) is 0.296. The number of benzene rings is 2. The second-order valence-corrected chi connectivity index (χ2v) is 11.5. The third-order valence-electron chi connectivity index (χ3n) is 6.17. The number of piperidine rings is 1. The van der Waals surface area contributed by atoms with Crippen LogP contribution in [0, 0.1) is 11.7 Å². The second-order valence-electron chi connectivity index (χ2n) is 8.76. The summed E-state index contributed by atoms with van der Waals surface area (Å²) in [6, 6.07) is 13.5. The summed E-state index contributed by atoms with van der Waals surface area (Å²) >= 11 is 10.6. The van der Waals surface area contributed by atoms with Crippen LogP contribution in [0.3, 0.4) is 0 Å². The van der Waals surface area contributed by atoms with Gasteiger partial charge in [-0.15, -0.1) is 11.3 Å². The van der Waals surface area contributed by atoms with Gasteiger partial charge in [0.15, 0.2) is 0 Å². The van der Waals surface area contributed by atoms with Gasteiger partial charge in [0.2, 0.25) is 11.8 Å². The number of hydrogen-bond donors (Lipinski definition) is 2. The zero-order valence-corrected chi connectivity index (χ0v) is 23.7. The van der Waals surface area contributed by atoms with Crippen LogP contribution in [-0.2, 0) is 14.3 Å². The molecule has 4 rings (SSSR count). The lowest BCUT2D eigenvalue weighted by Crippen LogP contribution is -2.41. The molecule has 2 amide bonds. The summed E-state index contributed by atoms with van der Waals surface area (Å²) < 4.78 is 19.4. The first kappa shape index (κ1) is 28.2. The van der Waals surface area contributed by atoms with E-state index in [9.17, 15) is 18.8 Å². The second kappa shape index (κ2) is 12.8. The standard InChI is InChI=1S/C27H26BrClFN3O4S/c1-2-37-27(36)23-22(16-6-4-3-5-7-16)24(28)38-26(23)32-21(34)15-33-12-10-17(11-13-33)25(35)31-18-8-9-20(30)19(29)14-18/h3-9,14,17H,2,10-13,15H2,1H3,(H,31,35)(H,32,34). The third kappa shape index (κ3) is 6.79. The van der Waals surface area contributed by atoms with Crippen molar-refractivity contribution in [3.05, 3.63) is 68.7 Å². The molecule has 0 unspecified atom stereocenters. The number of hydrogen-bond acceptors (Lipinski definition) is 6. The number of likely N-dealkylation sites (tertiary alicyclic amines) is 1. The molecule has 2 N–H and O–H groups in total. The highest BCUT2D eigenvalue weighted by molar-refractivity contribution is 9.11. The summed E-state index contributed by atoms with van der Waals surface area (Å²) in [5, 5.41) is 6.04. The number of carbonyl (C=O) groups is 3. The van der Waals surface area contributed by atoms with E-state index in [-0.39, 0.29) is 35.9 Å². The number of thiophene rings is 1. The molecular weight excluding hydrogens is 597 g/mol. The maximum atomic E-state index is 13.4. The third-order valence-corrected chi connectivity index (χ3v) is 8.24. The maximum Gasteiger partial charge on any atom is 0.341 e. The highest BCUT2D eigenvalue weighted by atomic mass is 79.9. The number of amides is 2. The molecular formula is C27H26BrClFN3O4S. The highest BCUT2D eigenvalue weighted by Crippen LogP contribution is 2.44. The van der Waals surface area contributed by atoms with E-state index < -0.39 is 11.8 Å². The summed E-state index contributed by atoms with van der Waals surface area (Å²) in [5.74, 6) is -1.69. The number of anilines is 2. The normalized spacial score (nSPS) is 14.2. The SMILES string of the molecule is CCOC(=O)c1c(NC(=O)CN2CCC(C(=O)Nc3ccc(F)c(Cl)c3)CC2)sc(Br)c1-c1ccccc1. The Balaban J connectivity index is 1.37. The lowest BCUT2D eigenvalue weighted by Gasteiger charge is -2.30. The molecule has 7 nitrogen and oxygen atoms in total. The van der Waals surface area contributed by atoms with Crippen molar-refractivity contribution in [2.75, 3.05) is 36.9 Å². The Morgan fingerprint density at radius 2 is 1.84 bits per heavy atom. The van der Waals surface area contributed by atoms with Gasteiger partial charge in [-0.3, -0.25) is 14.5 Å². The van der Waals surface area contributed by atoms with E-state index in [0.717, 1.165) is 9.35 Å². The number of carbonyl (C=O) groups excluding carboxylic acids is 3. The van der Waals surface area contributed by atoms with Crippen molar-refractivity contribution in [3.8, 4) is 11.1 Å². The van der Waals surface area contributed by atoms with Gasteiger partial charge < -0.3 is 15.4 Å². The summed E-state index contributed by atoms with van der Waals surface area (Å²) in [7, 11) is 0. The molecule has 2 aromatic carbocycles. The average Bonchev–Trinajstić information content (AvgIpc) is 3.22. The molecule has 2 heterocycles. The molecule has 0 aliphatic carbocycles. The number of nitrogens with zero attached hydrogens (tertiary/aromatic N) is 1. The molecule has 0 spiro atoms. The lowest BCUT2D eigenvalue weighted by molar-refractivity contribution is -0.121. The van der Waals surface area contributed by atoms with Gasteiger partial charge in [-0.1, -0.05) is 41.9 Å². The van der Waals surface area contributed by atoms with E-state index >= 15 is 0 Å². The van der Waals surface area contributed by atoms with Crippen LogP contribution in [0.5, 0.6) is 0 Å². The fourth-order valence-electron chi connectivity index (χ4n) is 4.29. The molecule has 0 atom stereocenters. The molecule has 38 heavy (non-hydrogen) atoms. The van der Waals surface area contributed by atoms with Crippen molar-refractivity contribution in [2.45, 2.75) is 19.8 Å². The zero-order chi connectivity index (χ0) is 27.2. The van der Waals surface area contributed by atoms with Crippen molar-refractivity contribution >= 4 is 67.3 Å². The van der Waals surface area contributed by atoms with Gasteiger partial charge >= 0.3 is 5.97 Å². The van der Waals surface area contributed by atoms with Gasteiger partial charge in [-0.2, -0.15) is 0 Å². The molecule has 0 radical (unpaired) electrons. The summed E-state index contributed by atoms with van der Waals surface area (Å²) in [6.07, 6.45) is 1.15. The molecule has 1 aliphatic heterocycles. The lowest BCUT2D eigenvalue weighted by atomic mass is 9.96. The van der Waals surface area contributed by atoms with E-state index in [0.29, 0.717) is 47.7 Å². The Morgan fingerprint density at radius 3 is 2.50 bits per heavy atom. The summed E-state index contributed by atoms with van der Waals surface area (Å²) in [5.41, 5.74) is 2.28. The smallest absolute Gasteiger partial charge is 0.341 e. The van der Waals surface area contributed by atoms with Crippen molar-refractivity contribution in [2.24, 2.45) is 5.92 Å². The van der Waals surface area contributed by atoms with Gasteiger partial charge in [0.05, 0.1) is 22.0 Å². The van der Waals surface area contributed by atoms with E-state index in [2.05, 4.69) is 26.6 Å². The Bertz CT molecular complexity index is 1330. The average molecular weight is 623 g/mol.